The highest BCUT2D eigenvalue weighted by Gasteiger charge is 2.27. The van der Waals surface area contributed by atoms with Gasteiger partial charge in [0.2, 0.25) is 5.91 Å². The van der Waals surface area contributed by atoms with Gasteiger partial charge in [0.25, 0.3) is 5.91 Å². The minimum atomic E-state index is -0.700. The Hall–Kier alpha value is -2.96. The van der Waals surface area contributed by atoms with E-state index in [2.05, 4.69) is 10.6 Å². The molecule has 7 heteroatoms. The van der Waals surface area contributed by atoms with Crippen LogP contribution in [0.25, 0.3) is 0 Å². The van der Waals surface area contributed by atoms with E-state index in [0.29, 0.717) is 11.5 Å². The van der Waals surface area contributed by atoms with Crippen molar-refractivity contribution in [2.24, 2.45) is 5.92 Å². The lowest BCUT2D eigenvalue weighted by atomic mass is 10.0. The van der Waals surface area contributed by atoms with Crippen molar-refractivity contribution < 1.29 is 23.5 Å². The molecule has 27 heavy (non-hydrogen) atoms. The number of nitrogens with one attached hydrogen (secondary N) is 2. The number of benzene rings is 1. The summed E-state index contributed by atoms with van der Waals surface area (Å²) >= 11 is 0. The quantitative estimate of drug-likeness (QED) is 0.741. The minimum absolute atomic E-state index is 0.103. The molecule has 0 aliphatic rings. The van der Waals surface area contributed by atoms with E-state index >= 15 is 0 Å². The molecule has 1 aromatic carbocycles. The van der Waals surface area contributed by atoms with E-state index in [1.807, 2.05) is 26.8 Å². The van der Waals surface area contributed by atoms with Crippen LogP contribution >= 0.6 is 0 Å². The van der Waals surface area contributed by atoms with E-state index in [9.17, 15) is 9.59 Å². The molecule has 0 aliphatic carbocycles. The highest BCUT2D eigenvalue weighted by atomic mass is 16.5. The molecular formula is C20H26N2O5. The number of hydrogen-bond acceptors (Lipinski definition) is 5. The molecule has 2 rings (SSSR count). The molecule has 0 fully saturated rings. The van der Waals surface area contributed by atoms with Gasteiger partial charge in [-0.1, -0.05) is 13.8 Å². The summed E-state index contributed by atoms with van der Waals surface area (Å²) < 4.78 is 15.7. The van der Waals surface area contributed by atoms with Gasteiger partial charge in [0, 0.05) is 11.6 Å². The molecule has 0 radical (unpaired) electrons. The van der Waals surface area contributed by atoms with Crippen molar-refractivity contribution in [1.29, 1.82) is 0 Å². The Morgan fingerprint density at radius 2 is 1.78 bits per heavy atom. The fourth-order valence-electron chi connectivity index (χ4n) is 2.71. The second-order valence-corrected chi connectivity index (χ2v) is 6.51. The first-order valence-corrected chi connectivity index (χ1v) is 8.74. The van der Waals surface area contributed by atoms with Crippen molar-refractivity contribution in [1.82, 2.24) is 10.6 Å². The summed E-state index contributed by atoms with van der Waals surface area (Å²) in [6.45, 7) is 5.59. The molecule has 2 N–H and O–H groups in total. The van der Waals surface area contributed by atoms with Gasteiger partial charge in [-0.25, -0.2) is 0 Å². The number of carbonyl (C=O) groups is 2. The van der Waals surface area contributed by atoms with Crippen molar-refractivity contribution in [2.75, 3.05) is 14.2 Å². The van der Waals surface area contributed by atoms with E-state index in [1.165, 1.54) is 6.26 Å². The summed E-state index contributed by atoms with van der Waals surface area (Å²) in [4.78, 5) is 25.0. The molecule has 2 unspecified atom stereocenters. The van der Waals surface area contributed by atoms with Crippen LogP contribution in [0.15, 0.2) is 41.0 Å². The third kappa shape index (κ3) is 5.03. The van der Waals surface area contributed by atoms with Crippen molar-refractivity contribution in [3.05, 3.63) is 47.9 Å². The van der Waals surface area contributed by atoms with Gasteiger partial charge in [0.05, 0.1) is 26.5 Å². The molecule has 0 aliphatic heterocycles. The molecule has 0 bridgehead atoms. The SMILES string of the molecule is COc1ccc(C(C)NC(=O)C(NC(=O)c2ccco2)C(C)C)c(OC)c1. The zero-order valence-electron chi connectivity index (χ0n) is 16.2. The highest BCUT2D eigenvalue weighted by molar-refractivity contribution is 5.95. The third-order valence-electron chi connectivity index (χ3n) is 4.25. The molecule has 2 atom stereocenters. The fraction of sp³-hybridized carbons (Fsp3) is 0.400. The highest BCUT2D eigenvalue weighted by Crippen LogP contribution is 2.29. The predicted molar refractivity (Wildman–Crippen MR) is 101 cm³/mol. The van der Waals surface area contributed by atoms with E-state index in [0.717, 1.165) is 5.56 Å². The van der Waals surface area contributed by atoms with Crippen LogP contribution in [0, 0.1) is 5.92 Å². The summed E-state index contributed by atoms with van der Waals surface area (Å²) in [5.74, 6) is 0.633. The Morgan fingerprint density at radius 1 is 1.04 bits per heavy atom. The lowest BCUT2D eigenvalue weighted by molar-refractivity contribution is -0.124. The predicted octanol–water partition coefficient (Wildman–Crippen LogP) is 2.93. The van der Waals surface area contributed by atoms with Crippen molar-refractivity contribution in [3.8, 4) is 11.5 Å². The molecule has 2 aromatic rings. The average Bonchev–Trinajstić information content (AvgIpc) is 3.19. The number of amides is 2. The van der Waals surface area contributed by atoms with Crippen molar-refractivity contribution in [2.45, 2.75) is 32.9 Å². The summed E-state index contributed by atoms with van der Waals surface area (Å²) in [7, 11) is 3.14. The molecule has 0 spiro atoms. The topological polar surface area (TPSA) is 89.8 Å². The maximum atomic E-state index is 12.8. The third-order valence-corrected chi connectivity index (χ3v) is 4.25. The van der Waals surface area contributed by atoms with Gasteiger partial charge in [0.1, 0.15) is 17.5 Å². The van der Waals surface area contributed by atoms with Gasteiger partial charge in [-0.05, 0) is 37.1 Å². The van der Waals surface area contributed by atoms with Crippen LogP contribution in [0.5, 0.6) is 11.5 Å². The van der Waals surface area contributed by atoms with E-state index in [1.54, 1.807) is 38.5 Å². The smallest absolute Gasteiger partial charge is 0.287 e. The van der Waals surface area contributed by atoms with E-state index in [4.69, 9.17) is 13.9 Å². The van der Waals surface area contributed by atoms with Gasteiger partial charge in [-0.15, -0.1) is 0 Å². The van der Waals surface area contributed by atoms with E-state index in [-0.39, 0.29) is 23.6 Å². The van der Waals surface area contributed by atoms with Crippen LogP contribution in [0.3, 0.4) is 0 Å². The number of methoxy groups -OCH3 is 2. The number of rotatable bonds is 8. The first-order chi connectivity index (χ1) is 12.9. The second-order valence-electron chi connectivity index (χ2n) is 6.51. The molecule has 1 heterocycles. The van der Waals surface area contributed by atoms with Gasteiger partial charge >= 0.3 is 0 Å². The zero-order valence-corrected chi connectivity index (χ0v) is 16.2. The Balaban J connectivity index is 2.11. The van der Waals surface area contributed by atoms with Gasteiger partial charge in [-0.2, -0.15) is 0 Å². The van der Waals surface area contributed by atoms with Crippen molar-refractivity contribution in [3.63, 3.8) is 0 Å². The number of hydrogen-bond donors (Lipinski definition) is 2. The Bertz CT molecular complexity index is 771. The fourth-order valence-corrected chi connectivity index (χ4v) is 2.71. The summed E-state index contributed by atoms with van der Waals surface area (Å²) in [6.07, 6.45) is 1.41. The number of ether oxygens (including phenoxy) is 2. The summed E-state index contributed by atoms with van der Waals surface area (Å²) in [5.41, 5.74) is 0.812. The molecule has 1 aromatic heterocycles. The Labute approximate surface area is 159 Å². The second kappa shape index (κ2) is 9.12. The van der Waals surface area contributed by atoms with Crippen LogP contribution in [0.2, 0.25) is 0 Å². The van der Waals surface area contributed by atoms with Gasteiger partial charge < -0.3 is 24.5 Å². The maximum absolute atomic E-state index is 12.8. The average molecular weight is 374 g/mol. The van der Waals surface area contributed by atoms with E-state index < -0.39 is 11.9 Å². The summed E-state index contributed by atoms with van der Waals surface area (Å²) in [6, 6.07) is 7.56. The normalized spacial score (nSPS) is 13.0. The Kier molecular flexibility index (Phi) is 6.87. The Morgan fingerprint density at radius 3 is 2.33 bits per heavy atom. The van der Waals surface area contributed by atoms with Crippen molar-refractivity contribution >= 4 is 11.8 Å². The molecule has 146 valence electrons. The zero-order chi connectivity index (χ0) is 20.0. The molecule has 0 saturated heterocycles. The number of carbonyl (C=O) groups excluding carboxylic acids is 2. The first kappa shape index (κ1) is 20.4. The standard InChI is InChI=1S/C20H26N2O5/c1-12(2)18(22-19(23)16-7-6-10-27-16)20(24)21-13(3)15-9-8-14(25-4)11-17(15)26-5/h6-13,18H,1-5H3,(H,21,24)(H,22,23). The largest absolute Gasteiger partial charge is 0.497 e. The van der Waals surface area contributed by atoms with Crippen LogP contribution in [0.1, 0.15) is 42.9 Å². The number of furan rings is 1. The lowest BCUT2D eigenvalue weighted by Crippen LogP contribution is -2.50. The first-order valence-electron chi connectivity index (χ1n) is 8.74. The molecule has 7 nitrogen and oxygen atoms in total. The van der Waals surface area contributed by atoms with Gasteiger partial charge in [0.15, 0.2) is 5.76 Å². The van der Waals surface area contributed by atoms with Crippen LogP contribution in [0.4, 0.5) is 0 Å². The maximum Gasteiger partial charge on any atom is 0.287 e. The van der Waals surface area contributed by atoms with Crippen LogP contribution < -0.4 is 20.1 Å². The minimum Gasteiger partial charge on any atom is -0.497 e. The molecule has 0 saturated carbocycles. The summed E-state index contributed by atoms with van der Waals surface area (Å²) in [5, 5.41) is 5.66. The monoisotopic (exact) mass is 374 g/mol. The van der Waals surface area contributed by atoms with Gasteiger partial charge in [-0.3, -0.25) is 9.59 Å². The molecular weight excluding hydrogens is 348 g/mol. The van der Waals surface area contributed by atoms with Crippen LogP contribution in [-0.2, 0) is 4.79 Å². The van der Waals surface area contributed by atoms with Crippen LogP contribution in [-0.4, -0.2) is 32.1 Å². The molecule has 2 amide bonds. The lowest BCUT2D eigenvalue weighted by Gasteiger charge is -2.24.